The molecule has 1 unspecified atom stereocenters. The summed E-state index contributed by atoms with van der Waals surface area (Å²) in [5.41, 5.74) is 1.15. The summed E-state index contributed by atoms with van der Waals surface area (Å²) < 4.78 is 1.90. The van der Waals surface area contributed by atoms with E-state index in [9.17, 15) is 0 Å². The molecule has 0 N–H and O–H groups in total. The van der Waals surface area contributed by atoms with Crippen molar-refractivity contribution >= 4 is 8.58 Å². The molecule has 0 saturated carbocycles. The zero-order chi connectivity index (χ0) is 5.40. The largest absolute Gasteiger partial charge is 0.248 e. The van der Waals surface area contributed by atoms with Crippen LogP contribution in [0.4, 0.5) is 0 Å². The maximum atomic E-state index is 3.92. The van der Waals surface area contributed by atoms with E-state index in [0.717, 1.165) is 26.7 Å². The minimum Gasteiger partial charge on any atom is -0.248 e. The molecule has 0 aromatic carbocycles. The van der Waals surface area contributed by atoms with Crippen molar-refractivity contribution in [1.29, 1.82) is 0 Å². The van der Waals surface area contributed by atoms with Gasteiger partial charge in [0, 0.05) is 12.4 Å². The third kappa shape index (κ3) is 0.548. The Labute approximate surface area is 48.9 Å². The van der Waals surface area contributed by atoms with Crippen LogP contribution < -0.4 is 0 Å². The number of nitrogens with zero attached hydrogens (tertiary/aromatic N) is 3. The van der Waals surface area contributed by atoms with Crippen molar-refractivity contribution in [3.05, 3.63) is 11.9 Å². The summed E-state index contributed by atoms with van der Waals surface area (Å²) in [6.45, 7) is 0. The first-order valence-corrected chi connectivity index (χ1v) is 3.96. The van der Waals surface area contributed by atoms with Crippen molar-refractivity contribution in [2.45, 2.75) is 12.4 Å². The van der Waals surface area contributed by atoms with Gasteiger partial charge in [-0.05, 0) is 0 Å². The molecule has 1 atom stereocenters. The van der Waals surface area contributed by atoms with Gasteiger partial charge in [-0.15, -0.1) is 5.10 Å². The first kappa shape index (κ1) is 4.45. The monoisotopic (exact) mass is 127 g/mol. The van der Waals surface area contributed by atoms with Gasteiger partial charge in [0.05, 0.1) is 12.0 Å². The number of hydrogen-bond acceptors (Lipinski definition) is 2. The molecule has 2 rings (SSSR count). The molecule has 4 heteroatoms. The number of hydrogen-bond donors (Lipinski definition) is 0. The fourth-order valence-electron chi connectivity index (χ4n) is 0.795. The lowest BCUT2D eigenvalue weighted by atomic mass is 10.6. The smallest absolute Gasteiger partial charge is 0.0868 e. The van der Waals surface area contributed by atoms with Crippen LogP contribution in [0.1, 0.15) is 5.69 Å². The third-order valence-corrected chi connectivity index (χ3v) is 2.33. The first-order valence-electron chi connectivity index (χ1n) is 2.55. The van der Waals surface area contributed by atoms with E-state index in [1.807, 2.05) is 10.9 Å². The zero-order valence-electron chi connectivity index (χ0n) is 4.33. The summed E-state index contributed by atoms with van der Waals surface area (Å²) in [6.07, 6.45) is 4.23. The van der Waals surface area contributed by atoms with Crippen LogP contribution in [0.3, 0.4) is 0 Å². The molecule has 1 aromatic heterocycles. The molecule has 42 valence electrons. The lowest BCUT2D eigenvalue weighted by molar-refractivity contribution is 0.700. The summed E-state index contributed by atoms with van der Waals surface area (Å²) in [6, 6.07) is 0. The average molecular weight is 127 g/mol. The molecule has 1 aliphatic rings. The Balaban J connectivity index is 2.53. The maximum absolute atomic E-state index is 3.92. The molecule has 0 amide bonds. The molecule has 0 fully saturated rings. The molecule has 0 aliphatic carbocycles. The van der Waals surface area contributed by atoms with E-state index in [-0.39, 0.29) is 0 Å². The van der Waals surface area contributed by atoms with Gasteiger partial charge < -0.3 is 0 Å². The SMILES string of the molecule is c1c2nnn1CPC2. The number of aromatic nitrogens is 3. The van der Waals surface area contributed by atoms with Crippen molar-refractivity contribution in [2.75, 3.05) is 0 Å². The molecule has 1 aliphatic heterocycles. The van der Waals surface area contributed by atoms with E-state index in [0.29, 0.717) is 0 Å². The Bertz CT molecular complexity index is 176. The summed E-state index contributed by atoms with van der Waals surface area (Å²) >= 11 is 0. The molecular weight excluding hydrogens is 121 g/mol. The summed E-state index contributed by atoms with van der Waals surface area (Å²) in [4.78, 5) is 0. The third-order valence-electron chi connectivity index (χ3n) is 1.17. The van der Waals surface area contributed by atoms with E-state index in [4.69, 9.17) is 0 Å². The molecule has 8 heavy (non-hydrogen) atoms. The van der Waals surface area contributed by atoms with Crippen LogP contribution in [0, 0.1) is 0 Å². The highest BCUT2D eigenvalue weighted by molar-refractivity contribution is 7.35. The number of rotatable bonds is 0. The number of fused-ring (bicyclic) bond motifs is 2. The second-order valence-electron chi connectivity index (χ2n) is 1.83. The maximum Gasteiger partial charge on any atom is 0.0868 e. The Morgan fingerprint density at radius 3 is 3.50 bits per heavy atom. The van der Waals surface area contributed by atoms with Gasteiger partial charge in [-0.25, -0.2) is 4.68 Å². The van der Waals surface area contributed by atoms with Crippen molar-refractivity contribution in [3.63, 3.8) is 0 Å². The van der Waals surface area contributed by atoms with Crippen molar-refractivity contribution in [3.8, 4) is 0 Å². The van der Waals surface area contributed by atoms with E-state index in [1.54, 1.807) is 0 Å². The van der Waals surface area contributed by atoms with Gasteiger partial charge in [0.25, 0.3) is 0 Å². The predicted molar refractivity (Wildman–Crippen MR) is 32.0 cm³/mol. The van der Waals surface area contributed by atoms with Crippen LogP contribution in [0.5, 0.6) is 0 Å². The van der Waals surface area contributed by atoms with E-state index >= 15 is 0 Å². The average Bonchev–Trinajstić information content (AvgIpc) is 2.12. The van der Waals surface area contributed by atoms with Gasteiger partial charge in [0.15, 0.2) is 0 Å². The lowest BCUT2D eigenvalue weighted by Gasteiger charge is -2.00. The second kappa shape index (κ2) is 1.52. The highest BCUT2D eigenvalue weighted by Gasteiger charge is 2.05. The van der Waals surface area contributed by atoms with Crippen molar-refractivity contribution in [1.82, 2.24) is 15.0 Å². The van der Waals surface area contributed by atoms with Crippen LogP contribution in [0.2, 0.25) is 0 Å². The zero-order valence-corrected chi connectivity index (χ0v) is 5.33. The van der Waals surface area contributed by atoms with Crippen molar-refractivity contribution < 1.29 is 0 Å². The Hall–Kier alpha value is -0.430. The topological polar surface area (TPSA) is 30.7 Å². The van der Waals surface area contributed by atoms with Crippen LogP contribution in [-0.2, 0) is 12.4 Å². The van der Waals surface area contributed by atoms with Gasteiger partial charge >= 0.3 is 0 Å². The summed E-state index contributed by atoms with van der Waals surface area (Å²) in [5, 5.41) is 7.79. The molecule has 0 radical (unpaired) electrons. The Morgan fingerprint density at radius 2 is 2.75 bits per heavy atom. The fourth-order valence-corrected chi connectivity index (χ4v) is 1.71. The van der Waals surface area contributed by atoms with Gasteiger partial charge in [-0.1, -0.05) is 13.8 Å². The molecule has 0 saturated heterocycles. The predicted octanol–water partition coefficient (Wildman–Crippen LogP) is 0.428. The van der Waals surface area contributed by atoms with E-state index in [2.05, 4.69) is 10.3 Å². The fraction of sp³-hybridized carbons (Fsp3) is 0.500. The summed E-state index contributed by atoms with van der Waals surface area (Å²) in [7, 11) is 0.995. The highest BCUT2D eigenvalue weighted by Crippen LogP contribution is 2.22. The van der Waals surface area contributed by atoms with Gasteiger partial charge in [-0.2, -0.15) is 0 Å². The normalized spacial score (nSPS) is 19.5. The molecule has 3 nitrogen and oxygen atoms in total. The van der Waals surface area contributed by atoms with Gasteiger partial charge in [0.1, 0.15) is 0 Å². The van der Waals surface area contributed by atoms with Gasteiger partial charge in [-0.3, -0.25) is 0 Å². The molecule has 0 spiro atoms. The van der Waals surface area contributed by atoms with Crippen molar-refractivity contribution in [2.24, 2.45) is 0 Å². The van der Waals surface area contributed by atoms with Crippen LogP contribution in [-0.4, -0.2) is 15.0 Å². The first-order chi connectivity index (χ1) is 3.95. The van der Waals surface area contributed by atoms with Crippen LogP contribution >= 0.6 is 8.58 Å². The van der Waals surface area contributed by atoms with E-state index in [1.165, 1.54) is 0 Å². The quantitative estimate of drug-likeness (QED) is 0.473. The molecule has 2 heterocycles. The Morgan fingerprint density at radius 1 is 1.75 bits per heavy atom. The van der Waals surface area contributed by atoms with Crippen LogP contribution in [0.25, 0.3) is 0 Å². The minimum absolute atomic E-state index is 0.995. The minimum atomic E-state index is 0.995. The molecule has 1 aromatic rings. The standard InChI is InChI=1S/C4H6N3P/c1-4-2-8-3-7(1)6-5-4/h1,8H,2-3H2. The molecule has 2 bridgehead atoms. The van der Waals surface area contributed by atoms with Gasteiger partial charge in [0.2, 0.25) is 0 Å². The highest BCUT2D eigenvalue weighted by atomic mass is 31.1. The second-order valence-corrected chi connectivity index (χ2v) is 3.00. The molecular formula is C4H6N3P. The lowest BCUT2D eigenvalue weighted by Crippen LogP contribution is -1.95. The summed E-state index contributed by atoms with van der Waals surface area (Å²) in [5.74, 6) is 0. The van der Waals surface area contributed by atoms with Crippen LogP contribution in [0.15, 0.2) is 6.20 Å². The Kier molecular flexibility index (Phi) is 0.847. The van der Waals surface area contributed by atoms with E-state index < -0.39 is 0 Å².